The predicted molar refractivity (Wildman–Crippen MR) is 177 cm³/mol. The molecule has 6 nitrogen and oxygen atoms in total. The molecule has 0 N–H and O–H groups in total. The van der Waals surface area contributed by atoms with Crippen LogP contribution in [0.4, 0.5) is 0 Å². The molecular weight excluding hydrogens is 540 g/mol. The van der Waals surface area contributed by atoms with Crippen LogP contribution in [0, 0.1) is 0 Å². The molecule has 0 unspecified atom stereocenters. The van der Waals surface area contributed by atoms with Crippen LogP contribution in [-0.4, -0.2) is 30.0 Å². The molecule has 0 radical (unpaired) electrons. The van der Waals surface area contributed by atoms with E-state index in [0.717, 1.165) is 77.2 Å². The molecule has 0 bridgehead atoms. The van der Waals surface area contributed by atoms with Crippen LogP contribution >= 0.6 is 0 Å². The van der Waals surface area contributed by atoms with E-state index in [0.29, 0.717) is 0 Å². The molecule has 0 fully saturated rings. The van der Waals surface area contributed by atoms with E-state index in [1.165, 1.54) is 0 Å². The number of rotatable bonds is 4. The van der Waals surface area contributed by atoms with Crippen molar-refractivity contribution in [2.75, 3.05) is 0 Å². The lowest BCUT2D eigenvalue weighted by atomic mass is 9.93. The zero-order valence-corrected chi connectivity index (χ0v) is 23.5. The first-order valence-electron chi connectivity index (χ1n) is 14.6. The summed E-state index contributed by atoms with van der Waals surface area (Å²) in [6.07, 6.45) is 0. The maximum atomic E-state index is 4.99. The topological polar surface area (TPSA) is 61.4 Å². The minimum absolute atomic E-state index is 0.861. The van der Waals surface area contributed by atoms with Crippen molar-refractivity contribution in [3.63, 3.8) is 0 Å². The summed E-state index contributed by atoms with van der Waals surface area (Å²) in [6, 6.07) is 50.0. The second-order valence-electron chi connectivity index (χ2n) is 10.9. The molecule has 0 amide bonds. The second kappa shape index (κ2) is 9.71. The molecule has 2 aromatic heterocycles. The zero-order valence-electron chi connectivity index (χ0n) is 23.5. The lowest BCUT2D eigenvalue weighted by molar-refractivity contribution is 0.766. The molecule has 0 atom stereocenters. The number of hydrogen-bond donors (Lipinski definition) is 0. The molecule has 0 spiro atoms. The van der Waals surface area contributed by atoms with Gasteiger partial charge in [0.05, 0.1) is 11.4 Å². The molecule has 2 heterocycles. The van der Waals surface area contributed by atoms with Crippen molar-refractivity contribution < 1.29 is 0 Å². The first kappa shape index (κ1) is 24.5. The molecule has 0 saturated carbocycles. The van der Waals surface area contributed by atoms with Gasteiger partial charge in [0.15, 0.2) is 0 Å². The van der Waals surface area contributed by atoms with Crippen molar-refractivity contribution in [3.8, 4) is 33.6 Å². The van der Waals surface area contributed by atoms with E-state index in [-0.39, 0.29) is 0 Å². The first-order chi connectivity index (χ1) is 21.8. The van der Waals surface area contributed by atoms with E-state index in [4.69, 9.17) is 20.4 Å². The Bertz CT molecular complexity index is 2300. The number of fused-ring (bicyclic) bond motifs is 4. The molecule has 206 valence electrons. The fraction of sp³-hybridized carbons (Fsp3) is 0. The average Bonchev–Trinajstić information content (AvgIpc) is 3.71. The Hall–Kier alpha value is -6.14. The van der Waals surface area contributed by atoms with Crippen molar-refractivity contribution in [2.45, 2.75) is 0 Å². The number of hydrogen-bond acceptors (Lipinski definition) is 4. The van der Waals surface area contributed by atoms with Gasteiger partial charge in [-0.2, -0.15) is 9.59 Å². The molecule has 9 rings (SSSR count). The maximum Gasteiger partial charge on any atom is 0.122 e. The van der Waals surface area contributed by atoms with Gasteiger partial charge in [-0.05, 0) is 69.1 Å². The Morgan fingerprint density at radius 1 is 0.364 bits per heavy atom. The predicted octanol–water partition coefficient (Wildman–Crippen LogP) is 8.79. The van der Waals surface area contributed by atoms with Crippen LogP contribution in [0.3, 0.4) is 0 Å². The SMILES string of the molecule is c1ccc(-n2nc3cc4ccccc4c(-c4ccc(-c5c6ccccc6cc6nn(-c7ccccc7)nc56)cc4)c3n2)cc1. The van der Waals surface area contributed by atoms with Crippen molar-refractivity contribution in [2.24, 2.45) is 0 Å². The highest BCUT2D eigenvalue weighted by atomic mass is 15.5. The quantitative estimate of drug-likeness (QED) is 0.214. The average molecular weight is 565 g/mol. The van der Waals surface area contributed by atoms with Gasteiger partial charge in [-0.1, -0.05) is 109 Å². The molecule has 7 aromatic carbocycles. The third-order valence-electron chi connectivity index (χ3n) is 8.23. The Kier molecular flexibility index (Phi) is 5.40. The Morgan fingerprint density at radius 3 is 1.18 bits per heavy atom. The van der Waals surface area contributed by atoms with Gasteiger partial charge in [0.2, 0.25) is 0 Å². The number of aromatic nitrogens is 6. The molecule has 9 aromatic rings. The minimum Gasteiger partial charge on any atom is -0.150 e. The Morgan fingerprint density at radius 2 is 0.750 bits per heavy atom. The number of para-hydroxylation sites is 2. The highest BCUT2D eigenvalue weighted by Crippen LogP contribution is 2.39. The second-order valence-corrected chi connectivity index (χ2v) is 10.9. The highest BCUT2D eigenvalue weighted by Gasteiger charge is 2.18. The zero-order chi connectivity index (χ0) is 29.0. The molecule has 0 aliphatic heterocycles. The third kappa shape index (κ3) is 3.89. The molecule has 44 heavy (non-hydrogen) atoms. The van der Waals surface area contributed by atoms with Gasteiger partial charge in [0.1, 0.15) is 22.1 Å². The van der Waals surface area contributed by atoms with Gasteiger partial charge in [-0.3, -0.25) is 0 Å². The fourth-order valence-electron chi connectivity index (χ4n) is 6.18. The van der Waals surface area contributed by atoms with E-state index >= 15 is 0 Å². The molecule has 0 aliphatic rings. The molecule has 6 heteroatoms. The van der Waals surface area contributed by atoms with Crippen LogP contribution < -0.4 is 0 Å². The van der Waals surface area contributed by atoms with Crippen LogP contribution in [0.1, 0.15) is 0 Å². The Balaban J connectivity index is 1.24. The first-order valence-corrected chi connectivity index (χ1v) is 14.6. The van der Waals surface area contributed by atoms with Gasteiger partial charge in [0.25, 0.3) is 0 Å². The summed E-state index contributed by atoms with van der Waals surface area (Å²) in [5.74, 6) is 0. The van der Waals surface area contributed by atoms with Gasteiger partial charge in [-0.25, -0.2) is 0 Å². The summed E-state index contributed by atoms with van der Waals surface area (Å²) in [4.78, 5) is 3.45. The Labute approximate surface area is 252 Å². The van der Waals surface area contributed by atoms with E-state index in [1.807, 2.05) is 60.7 Å². The van der Waals surface area contributed by atoms with E-state index in [1.54, 1.807) is 9.59 Å². The van der Waals surface area contributed by atoms with Gasteiger partial charge in [0, 0.05) is 11.1 Å². The van der Waals surface area contributed by atoms with Crippen molar-refractivity contribution in [1.82, 2.24) is 30.0 Å². The van der Waals surface area contributed by atoms with Crippen molar-refractivity contribution in [3.05, 3.63) is 146 Å². The minimum atomic E-state index is 0.861. The lowest BCUT2D eigenvalue weighted by Gasteiger charge is -2.11. The van der Waals surface area contributed by atoms with Crippen LogP contribution in [0.5, 0.6) is 0 Å². The van der Waals surface area contributed by atoms with Crippen molar-refractivity contribution in [1.29, 1.82) is 0 Å². The summed E-state index contributed by atoms with van der Waals surface area (Å²) >= 11 is 0. The molecule has 0 saturated heterocycles. The monoisotopic (exact) mass is 564 g/mol. The largest absolute Gasteiger partial charge is 0.150 e. The summed E-state index contributed by atoms with van der Waals surface area (Å²) in [7, 11) is 0. The molecular formula is C38H24N6. The number of benzene rings is 7. The lowest BCUT2D eigenvalue weighted by Crippen LogP contribution is -1.97. The summed E-state index contributed by atoms with van der Waals surface area (Å²) in [5.41, 5.74) is 9.64. The van der Waals surface area contributed by atoms with Crippen molar-refractivity contribution >= 4 is 43.6 Å². The summed E-state index contributed by atoms with van der Waals surface area (Å²) in [6.45, 7) is 0. The van der Waals surface area contributed by atoms with E-state index < -0.39 is 0 Å². The van der Waals surface area contributed by atoms with Gasteiger partial charge >= 0.3 is 0 Å². The van der Waals surface area contributed by atoms with Crippen LogP contribution in [0.15, 0.2) is 146 Å². The van der Waals surface area contributed by atoms with Crippen LogP contribution in [0.25, 0.3) is 77.2 Å². The van der Waals surface area contributed by atoms with Crippen LogP contribution in [-0.2, 0) is 0 Å². The smallest absolute Gasteiger partial charge is 0.122 e. The summed E-state index contributed by atoms with van der Waals surface area (Å²) < 4.78 is 0. The van der Waals surface area contributed by atoms with E-state index in [9.17, 15) is 0 Å². The highest BCUT2D eigenvalue weighted by molar-refractivity contribution is 6.12. The normalized spacial score (nSPS) is 11.6. The summed E-state index contributed by atoms with van der Waals surface area (Å²) in [5, 5.41) is 24.3. The number of nitrogens with zero attached hydrogens (tertiary/aromatic N) is 6. The maximum absolute atomic E-state index is 4.99. The van der Waals surface area contributed by atoms with E-state index in [2.05, 4.69) is 84.9 Å². The van der Waals surface area contributed by atoms with Gasteiger partial charge in [-0.15, -0.1) is 20.4 Å². The third-order valence-corrected chi connectivity index (χ3v) is 8.23. The fourth-order valence-corrected chi connectivity index (χ4v) is 6.18. The van der Waals surface area contributed by atoms with Gasteiger partial charge < -0.3 is 0 Å². The standard InChI is InChI=1S/C38H24N6/c1-3-13-29(14-4-1)43-39-33-23-27-11-7-9-17-31(27)35(37(33)41-43)25-19-21-26(22-20-25)36-32-18-10-8-12-28(32)24-34-38(36)42-44(40-34)30-15-5-2-6-16-30/h1-24H. The van der Waals surface area contributed by atoms with Crippen LogP contribution in [0.2, 0.25) is 0 Å². The molecule has 0 aliphatic carbocycles.